The zero-order chi connectivity index (χ0) is 5.41. The molecule has 0 N–H and O–H groups in total. The normalized spacial score (nSPS) is 3.83. The maximum absolute atomic E-state index is 8.68. The summed E-state index contributed by atoms with van der Waals surface area (Å²) in [6.07, 6.45) is 1.50. The molecular weight excluding hydrogens is 135 g/mol. The zero-order valence-electron chi connectivity index (χ0n) is 3.37. The van der Waals surface area contributed by atoms with Crippen molar-refractivity contribution in [1.29, 1.82) is 0 Å². The molecule has 4 heteroatoms. The second-order valence-corrected chi connectivity index (χ2v) is 2.93. The summed E-state index contributed by atoms with van der Waals surface area (Å²) in [5, 5.41) is 0. The van der Waals surface area contributed by atoms with Gasteiger partial charge >= 0.3 is 18.2 Å². The fourth-order valence-electron chi connectivity index (χ4n) is 0. The molecule has 0 atom stereocenters. The highest BCUT2D eigenvalue weighted by molar-refractivity contribution is 7.22. The summed E-state index contributed by atoms with van der Waals surface area (Å²) in [5.74, 6) is 0. The van der Waals surface area contributed by atoms with Gasteiger partial charge in [-0.3, -0.25) is 4.79 Å². The van der Waals surface area contributed by atoms with Crippen molar-refractivity contribution in [2.75, 3.05) is 0 Å². The highest BCUT2D eigenvalue weighted by Crippen LogP contribution is 1.67. The van der Waals surface area contributed by atoms with Crippen LogP contribution in [-0.4, -0.2) is 24.4 Å². The molecule has 0 rings (SSSR count). The van der Waals surface area contributed by atoms with Gasteiger partial charge in [-0.05, 0) is 0 Å². The van der Waals surface area contributed by atoms with E-state index >= 15 is 0 Å². The second-order valence-electron chi connectivity index (χ2n) is 0.305. The van der Waals surface area contributed by atoms with Gasteiger partial charge in [0, 0.05) is 6.92 Å². The van der Waals surface area contributed by atoms with Crippen molar-refractivity contribution in [3.8, 4) is 0 Å². The Morgan fingerprint density at radius 2 is 1.67 bits per heavy atom. The molecule has 0 fully saturated rings. The molecular formula is C2H3Cl2MgO. The number of halogens is 2. The van der Waals surface area contributed by atoms with Crippen LogP contribution in [0.4, 0.5) is 0 Å². The minimum absolute atomic E-state index is 0.639. The van der Waals surface area contributed by atoms with Crippen molar-refractivity contribution in [3.63, 3.8) is 0 Å². The quantitative estimate of drug-likeness (QED) is 0.458. The lowest BCUT2D eigenvalue weighted by Gasteiger charge is -1.33. The van der Waals surface area contributed by atoms with E-state index in [1.165, 1.54) is 13.2 Å². The largest absolute Gasteiger partial charge is 0.618 e. The van der Waals surface area contributed by atoms with Crippen LogP contribution in [0.25, 0.3) is 0 Å². The number of hydrogen-bond acceptors (Lipinski definition) is 1. The third kappa shape index (κ3) is 78.3. The summed E-state index contributed by atoms with van der Waals surface area (Å²) < 4.78 is 0. The van der Waals surface area contributed by atoms with Crippen molar-refractivity contribution in [3.05, 3.63) is 0 Å². The summed E-state index contributed by atoms with van der Waals surface area (Å²) in [7, 11) is 9.81. The van der Waals surface area contributed by atoms with E-state index < -0.39 is 18.2 Å². The average Bonchev–Trinajstić information content (AvgIpc) is 1.39. The lowest BCUT2D eigenvalue weighted by atomic mass is 11.0. The highest BCUT2D eigenvalue weighted by Gasteiger charge is 1.64. The lowest BCUT2D eigenvalue weighted by Crippen LogP contribution is -1.36. The Kier molecular flexibility index (Phi) is 28.0. The van der Waals surface area contributed by atoms with Crippen LogP contribution in [0.5, 0.6) is 0 Å². The maximum atomic E-state index is 8.68. The fourth-order valence-corrected chi connectivity index (χ4v) is 0. The van der Waals surface area contributed by atoms with Gasteiger partial charge in [-0.1, -0.05) is 0 Å². The van der Waals surface area contributed by atoms with Gasteiger partial charge in [-0.2, -0.15) is 0 Å². The van der Waals surface area contributed by atoms with Gasteiger partial charge < -0.3 is 18.1 Å². The molecule has 0 aromatic carbocycles. The molecule has 1 nitrogen and oxygen atoms in total. The summed E-state index contributed by atoms with van der Waals surface area (Å²) in [4.78, 5) is 8.68. The first kappa shape index (κ1) is 10.1. The predicted molar refractivity (Wildman–Crippen MR) is 28.8 cm³/mol. The molecule has 0 aliphatic rings. The van der Waals surface area contributed by atoms with Crippen molar-refractivity contribution in [2.45, 2.75) is 6.92 Å². The molecule has 0 saturated carbocycles. The van der Waals surface area contributed by atoms with E-state index in [2.05, 4.69) is 0 Å². The predicted octanol–water partition coefficient (Wildman–Crippen LogP) is 1.11. The molecule has 1 radical (unpaired) electrons. The monoisotopic (exact) mass is 137 g/mol. The van der Waals surface area contributed by atoms with Crippen LogP contribution in [0, 0.1) is 0 Å². The van der Waals surface area contributed by atoms with Gasteiger partial charge in [0.25, 0.3) is 0 Å². The van der Waals surface area contributed by atoms with Crippen LogP contribution in [-0.2, 0) is 4.79 Å². The molecule has 0 heterocycles. The van der Waals surface area contributed by atoms with Crippen molar-refractivity contribution in [2.24, 2.45) is 0 Å². The Labute approximate surface area is 54.3 Å². The Morgan fingerprint density at radius 3 is 1.67 bits per heavy atom. The van der Waals surface area contributed by atoms with Gasteiger partial charge in [-0.25, -0.2) is 0 Å². The van der Waals surface area contributed by atoms with Gasteiger partial charge in [-0.15, -0.1) is 0 Å². The maximum Gasteiger partial charge on any atom is 0.618 e. The van der Waals surface area contributed by atoms with Crippen LogP contribution < -0.4 is 0 Å². The number of carbonyl (C=O) groups excluding carboxylic acids is 1. The highest BCUT2D eigenvalue weighted by atomic mass is 35.6. The van der Waals surface area contributed by atoms with Crippen LogP contribution in [0.2, 0.25) is 0 Å². The fraction of sp³-hybridized carbons (Fsp3) is 0.500. The number of rotatable bonds is 0. The zero-order valence-corrected chi connectivity index (χ0v) is 6.30. The van der Waals surface area contributed by atoms with E-state index in [4.69, 9.17) is 22.9 Å². The smallest absolute Gasteiger partial charge is 0.309 e. The van der Waals surface area contributed by atoms with E-state index in [1.54, 1.807) is 0 Å². The SMILES string of the molecule is C[C]=O.[Cl][Mg][Cl]. The topological polar surface area (TPSA) is 17.1 Å². The first-order valence-electron chi connectivity index (χ1n) is 1.24. The van der Waals surface area contributed by atoms with Gasteiger partial charge in [0.1, 0.15) is 0 Å². The molecule has 0 amide bonds. The number of hydrogen-bond donors (Lipinski definition) is 0. The molecule has 0 aromatic heterocycles. The Morgan fingerprint density at radius 1 is 1.67 bits per heavy atom. The van der Waals surface area contributed by atoms with E-state index in [0.29, 0.717) is 0 Å². The summed E-state index contributed by atoms with van der Waals surface area (Å²) in [6, 6.07) is 0. The van der Waals surface area contributed by atoms with E-state index in [1.807, 2.05) is 0 Å². The van der Waals surface area contributed by atoms with Crippen molar-refractivity contribution in [1.82, 2.24) is 0 Å². The second kappa shape index (κ2) is 16.6. The summed E-state index contributed by atoms with van der Waals surface area (Å²) in [5.41, 5.74) is 0. The van der Waals surface area contributed by atoms with E-state index in [0.717, 1.165) is 0 Å². The van der Waals surface area contributed by atoms with Crippen molar-refractivity contribution < 1.29 is 4.79 Å². The Hall–Kier alpha value is 1.02. The molecule has 0 aliphatic heterocycles. The van der Waals surface area contributed by atoms with Gasteiger partial charge in [0.05, 0.1) is 0 Å². The molecule has 6 heavy (non-hydrogen) atoms. The third-order valence-corrected chi connectivity index (χ3v) is 0. The van der Waals surface area contributed by atoms with Gasteiger partial charge in [0.15, 0.2) is 6.29 Å². The average molecular weight is 138 g/mol. The van der Waals surface area contributed by atoms with Crippen LogP contribution in [0.1, 0.15) is 6.92 Å². The molecule has 0 bridgehead atoms. The molecule has 0 unspecified atom stereocenters. The van der Waals surface area contributed by atoms with E-state index in [-0.39, 0.29) is 0 Å². The van der Waals surface area contributed by atoms with Gasteiger partial charge in [0.2, 0.25) is 0 Å². The summed E-state index contributed by atoms with van der Waals surface area (Å²) >= 11 is -0.639. The van der Waals surface area contributed by atoms with Crippen LogP contribution in [0.15, 0.2) is 0 Å². The third-order valence-electron chi connectivity index (χ3n) is 0. The minimum Gasteiger partial charge on any atom is -0.309 e. The summed E-state index contributed by atoms with van der Waals surface area (Å²) in [6.45, 7) is 1.32. The Bertz CT molecular complexity index is 25.5. The van der Waals surface area contributed by atoms with Crippen LogP contribution in [0.3, 0.4) is 0 Å². The molecule has 0 saturated heterocycles. The molecule has 0 aromatic rings. The first-order chi connectivity index (χ1) is 2.83. The van der Waals surface area contributed by atoms with Crippen LogP contribution >= 0.6 is 18.1 Å². The Balaban J connectivity index is 0. The van der Waals surface area contributed by atoms with Crippen molar-refractivity contribution >= 4 is 42.6 Å². The molecule has 33 valence electrons. The standard InChI is InChI=1S/C2H3O.2ClH.Mg/c1-2-3;;;/h1H3;2*1H;/q;;;+2/p-2. The molecule has 0 aliphatic carbocycles. The minimum atomic E-state index is -0.639. The van der Waals surface area contributed by atoms with E-state index in [9.17, 15) is 0 Å². The first-order valence-corrected chi connectivity index (χ1v) is 5.51. The lowest BCUT2D eigenvalue weighted by molar-refractivity contribution is 0.560. The molecule has 0 spiro atoms.